The highest BCUT2D eigenvalue weighted by Crippen LogP contribution is 2.30. The zero-order valence-corrected chi connectivity index (χ0v) is 20.9. The van der Waals surface area contributed by atoms with E-state index in [-0.39, 0.29) is 37.1 Å². The summed E-state index contributed by atoms with van der Waals surface area (Å²) < 4.78 is 16.5. The molecule has 0 unspecified atom stereocenters. The monoisotopic (exact) mass is 488 g/mol. The molecule has 3 rings (SSSR count). The Morgan fingerprint density at radius 3 is 2.66 bits per heavy atom. The predicted molar refractivity (Wildman–Crippen MR) is 130 cm³/mol. The molecule has 2 amide bonds. The highest BCUT2D eigenvalue weighted by Gasteiger charge is 2.26. The SMILES string of the molecule is CCOC(=O)NC1=Nc2ccc(OCCCC(=O)N(C)C)cc2CN1CC(=O)OC1CCCCC1. The van der Waals surface area contributed by atoms with Crippen molar-refractivity contribution in [2.45, 2.75) is 64.5 Å². The van der Waals surface area contributed by atoms with Crippen molar-refractivity contribution in [2.24, 2.45) is 4.99 Å². The molecule has 1 heterocycles. The number of nitrogens with one attached hydrogen (secondary N) is 1. The summed E-state index contributed by atoms with van der Waals surface area (Å²) >= 11 is 0. The van der Waals surface area contributed by atoms with Gasteiger partial charge in [-0.15, -0.1) is 0 Å². The van der Waals surface area contributed by atoms with E-state index in [1.54, 1.807) is 43.0 Å². The van der Waals surface area contributed by atoms with Crippen LogP contribution >= 0.6 is 0 Å². The lowest BCUT2D eigenvalue weighted by molar-refractivity contribution is -0.151. The van der Waals surface area contributed by atoms with Gasteiger partial charge in [-0.05, 0) is 57.2 Å². The van der Waals surface area contributed by atoms with E-state index in [0.29, 0.717) is 37.4 Å². The first kappa shape index (κ1) is 26.3. The maximum Gasteiger partial charge on any atom is 0.413 e. The van der Waals surface area contributed by atoms with Crippen molar-refractivity contribution in [3.8, 4) is 5.75 Å². The number of hydrogen-bond donors (Lipinski definition) is 1. The summed E-state index contributed by atoms with van der Waals surface area (Å²) in [6, 6.07) is 5.47. The van der Waals surface area contributed by atoms with Crippen LogP contribution in [0.4, 0.5) is 10.5 Å². The van der Waals surface area contributed by atoms with Crippen molar-refractivity contribution in [3.63, 3.8) is 0 Å². The molecule has 0 spiro atoms. The lowest BCUT2D eigenvalue weighted by Crippen LogP contribution is -2.47. The van der Waals surface area contributed by atoms with E-state index in [0.717, 1.165) is 31.2 Å². The number of esters is 1. The first-order valence-electron chi connectivity index (χ1n) is 12.3. The van der Waals surface area contributed by atoms with E-state index in [1.807, 2.05) is 6.07 Å². The summed E-state index contributed by atoms with van der Waals surface area (Å²) in [4.78, 5) is 44.2. The van der Waals surface area contributed by atoms with Crippen molar-refractivity contribution >= 4 is 29.6 Å². The number of alkyl carbamates (subject to hydrolysis) is 1. The third kappa shape index (κ3) is 8.15. The van der Waals surface area contributed by atoms with Gasteiger partial charge < -0.3 is 24.0 Å². The van der Waals surface area contributed by atoms with Gasteiger partial charge in [-0.3, -0.25) is 14.9 Å². The maximum absolute atomic E-state index is 12.7. The van der Waals surface area contributed by atoms with Crippen LogP contribution in [0.25, 0.3) is 0 Å². The van der Waals surface area contributed by atoms with E-state index in [4.69, 9.17) is 14.2 Å². The van der Waals surface area contributed by atoms with Gasteiger partial charge in [-0.25, -0.2) is 9.79 Å². The zero-order valence-electron chi connectivity index (χ0n) is 20.9. The summed E-state index contributed by atoms with van der Waals surface area (Å²) in [5.41, 5.74) is 1.52. The Hall–Kier alpha value is -3.30. The summed E-state index contributed by atoms with van der Waals surface area (Å²) in [5.74, 6) is 0.609. The number of rotatable bonds is 9. The molecule has 0 bridgehead atoms. The number of nitrogens with zero attached hydrogens (tertiary/aromatic N) is 3. The Balaban J connectivity index is 1.66. The molecule has 35 heavy (non-hydrogen) atoms. The second-order valence-electron chi connectivity index (χ2n) is 8.92. The van der Waals surface area contributed by atoms with Crippen molar-refractivity contribution in [1.29, 1.82) is 0 Å². The van der Waals surface area contributed by atoms with Crippen LogP contribution < -0.4 is 10.1 Å². The average Bonchev–Trinajstić information content (AvgIpc) is 2.82. The number of ether oxygens (including phenoxy) is 3. The Bertz CT molecular complexity index is 927. The smallest absolute Gasteiger partial charge is 0.413 e. The lowest BCUT2D eigenvalue weighted by Gasteiger charge is -2.30. The van der Waals surface area contributed by atoms with Crippen LogP contribution in [0.1, 0.15) is 57.4 Å². The number of fused-ring (bicyclic) bond motifs is 1. The molecule has 1 aromatic carbocycles. The molecule has 192 valence electrons. The molecule has 1 aliphatic heterocycles. The van der Waals surface area contributed by atoms with Crippen LogP contribution in [0.2, 0.25) is 0 Å². The Morgan fingerprint density at radius 1 is 1.17 bits per heavy atom. The van der Waals surface area contributed by atoms with Crippen LogP contribution in [-0.2, 0) is 25.6 Å². The quantitative estimate of drug-likeness (QED) is 0.419. The van der Waals surface area contributed by atoms with Crippen molar-refractivity contribution < 1.29 is 28.6 Å². The Morgan fingerprint density at radius 2 is 1.94 bits per heavy atom. The minimum atomic E-state index is -0.632. The number of hydrogen-bond acceptors (Lipinski definition) is 8. The molecular formula is C25H36N4O6. The van der Waals surface area contributed by atoms with Gasteiger partial charge in [0.15, 0.2) is 0 Å². The lowest BCUT2D eigenvalue weighted by atomic mass is 9.98. The molecule has 0 saturated heterocycles. The van der Waals surface area contributed by atoms with Gasteiger partial charge in [0.1, 0.15) is 18.4 Å². The topological polar surface area (TPSA) is 110 Å². The van der Waals surface area contributed by atoms with E-state index in [2.05, 4.69) is 10.3 Å². The number of amides is 2. The fourth-order valence-electron chi connectivity index (χ4n) is 4.05. The molecule has 0 aromatic heterocycles. The number of carbonyl (C=O) groups is 3. The van der Waals surface area contributed by atoms with Crippen LogP contribution in [0.5, 0.6) is 5.75 Å². The second-order valence-corrected chi connectivity index (χ2v) is 8.92. The minimum absolute atomic E-state index is 0.0427. The molecule has 0 atom stereocenters. The van der Waals surface area contributed by atoms with Crippen LogP contribution in [-0.4, -0.2) is 73.7 Å². The fourth-order valence-corrected chi connectivity index (χ4v) is 4.05. The van der Waals surface area contributed by atoms with Gasteiger partial charge in [0.2, 0.25) is 11.9 Å². The highest BCUT2D eigenvalue weighted by molar-refractivity contribution is 5.97. The van der Waals surface area contributed by atoms with Gasteiger partial charge in [-0.2, -0.15) is 0 Å². The molecule has 1 N–H and O–H groups in total. The van der Waals surface area contributed by atoms with Crippen molar-refractivity contribution in [2.75, 3.05) is 33.9 Å². The molecule has 10 heteroatoms. The van der Waals surface area contributed by atoms with Gasteiger partial charge in [0.25, 0.3) is 0 Å². The third-order valence-corrected chi connectivity index (χ3v) is 5.90. The number of guanidine groups is 1. The summed E-state index contributed by atoms with van der Waals surface area (Å²) in [7, 11) is 3.46. The molecule has 0 radical (unpaired) electrons. The molecule has 1 aromatic rings. The Labute approximate surface area is 206 Å². The van der Waals surface area contributed by atoms with Crippen molar-refractivity contribution in [1.82, 2.24) is 15.1 Å². The molecule has 2 aliphatic rings. The van der Waals surface area contributed by atoms with Crippen LogP contribution in [0, 0.1) is 0 Å². The zero-order chi connectivity index (χ0) is 25.2. The average molecular weight is 489 g/mol. The summed E-state index contributed by atoms with van der Waals surface area (Å²) in [6.45, 7) is 2.65. The fraction of sp³-hybridized carbons (Fsp3) is 0.600. The van der Waals surface area contributed by atoms with Crippen molar-refractivity contribution in [3.05, 3.63) is 23.8 Å². The first-order valence-corrected chi connectivity index (χ1v) is 12.3. The van der Waals surface area contributed by atoms with Gasteiger partial charge in [0.05, 0.1) is 18.9 Å². The number of aliphatic imine (C=N–C) groups is 1. The highest BCUT2D eigenvalue weighted by atomic mass is 16.6. The summed E-state index contributed by atoms with van der Waals surface area (Å²) in [6.07, 6.45) is 5.43. The molecule has 1 aliphatic carbocycles. The third-order valence-electron chi connectivity index (χ3n) is 5.90. The molecular weight excluding hydrogens is 452 g/mol. The van der Waals surface area contributed by atoms with Gasteiger partial charge in [-0.1, -0.05) is 6.42 Å². The standard InChI is InChI=1S/C25H36N4O6/c1-4-33-25(32)27-24-26-21-13-12-20(34-14-8-11-22(30)28(2)3)15-18(21)16-29(24)17-23(31)35-19-9-6-5-7-10-19/h12-13,15,19H,4-11,14,16-17H2,1-3H3,(H,26,27,32). The van der Waals surface area contributed by atoms with Crippen LogP contribution in [0.3, 0.4) is 0 Å². The molecule has 1 fully saturated rings. The van der Waals surface area contributed by atoms with E-state index in [9.17, 15) is 14.4 Å². The molecule has 10 nitrogen and oxygen atoms in total. The maximum atomic E-state index is 12.7. The summed E-state index contributed by atoms with van der Waals surface area (Å²) in [5, 5.41) is 2.64. The van der Waals surface area contributed by atoms with Gasteiger partial charge >= 0.3 is 12.1 Å². The largest absolute Gasteiger partial charge is 0.494 e. The minimum Gasteiger partial charge on any atom is -0.494 e. The van der Waals surface area contributed by atoms with Gasteiger partial charge in [0, 0.05) is 32.6 Å². The second kappa shape index (κ2) is 13.0. The Kier molecular flexibility index (Phi) is 9.75. The van der Waals surface area contributed by atoms with E-state index >= 15 is 0 Å². The normalized spacial score (nSPS) is 15.5. The molecule has 1 saturated carbocycles. The number of benzene rings is 1. The number of carbonyl (C=O) groups excluding carboxylic acids is 3. The van der Waals surface area contributed by atoms with Crippen LogP contribution in [0.15, 0.2) is 23.2 Å². The predicted octanol–water partition coefficient (Wildman–Crippen LogP) is 3.36. The van der Waals surface area contributed by atoms with E-state index < -0.39 is 6.09 Å². The van der Waals surface area contributed by atoms with E-state index in [1.165, 1.54) is 6.42 Å². The first-order chi connectivity index (χ1) is 16.9.